The van der Waals surface area contributed by atoms with E-state index in [4.69, 9.17) is 17.0 Å². The molecule has 1 fully saturated rings. The van der Waals surface area contributed by atoms with E-state index in [-0.39, 0.29) is 5.17 Å². The maximum atomic E-state index is 12.3. The summed E-state index contributed by atoms with van der Waals surface area (Å²) in [6, 6.07) is 10.8. The molecule has 1 atom stereocenters. The number of rotatable bonds is 8. The highest BCUT2D eigenvalue weighted by Crippen LogP contribution is 2.25. The summed E-state index contributed by atoms with van der Waals surface area (Å²) in [5.74, 6) is -1.33. The Hall–Kier alpha value is -1.75. The molecular weight excluding hydrogens is 370 g/mol. The van der Waals surface area contributed by atoms with Gasteiger partial charge < -0.3 is 9.64 Å². The maximum absolute atomic E-state index is 12.3. The summed E-state index contributed by atoms with van der Waals surface area (Å²) in [6.45, 7) is 6.20. The first-order valence-electron chi connectivity index (χ1n) is 10.5. The SMILES string of the molecule is CCC(C)(C)C(=O)C(=O)OC(=S)N1CCCCC1CCCCc1ccccc1. The minimum Gasteiger partial charge on any atom is -0.393 e. The van der Waals surface area contributed by atoms with Crippen molar-refractivity contribution in [3.63, 3.8) is 0 Å². The first-order valence-corrected chi connectivity index (χ1v) is 10.9. The number of esters is 1. The first-order chi connectivity index (χ1) is 13.3. The van der Waals surface area contributed by atoms with Crippen molar-refractivity contribution in [3.8, 4) is 0 Å². The quantitative estimate of drug-likeness (QED) is 0.262. The average Bonchev–Trinajstić information content (AvgIpc) is 2.71. The molecule has 28 heavy (non-hydrogen) atoms. The predicted molar refractivity (Wildman–Crippen MR) is 116 cm³/mol. The lowest BCUT2D eigenvalue weighted by Gasteiger charge is -2.36. The Kier molecular flexibility index (Phi) is 8.61. The molecule has 0 aliphatic carbocycles. The third-order valence-electron chi connectivity index (χ3n) is 5.82. The highest BCUT2D eigenvalue weighted by atomic mass is 32.1. The molecule has 154 valence electrons. The van der Waals surface area contributed by atoms with Gasteiger partial charge in [-0.05, 0) is 62.7 Å². The van der Waals surface area contributed by atoms with Crippen LogP contribution in [0.15, 0.2) is 30.3 Å². The second-order valence-electron chi connectivity index (χ2n) is 8.30. The van der Waals surface area contributed by atoms with Gasteiger partial charge in [-0.1, -0.05) is 57.5 Å². The second-order valence-corrected chi connectivity index (χ2v) is 8.65. The van der Waals surface area contributed by atoms with Crippen LogP contribution >= 0.6 is 12.2 Å². The number of nitrogens with zero attached hydrogens (tertiary/aromatic N) is 1. The molecule has 1 unspecified atom stereocenters. The zero-order chi connectivity index (χ0) is 20.6. The van der Waals surface area contributed by atoms with Crippen LogP contribution in [0.2, 0.25) is 0 Å². The molecule has 1 aromatic rings. The van der Waals surface area contributed by atoms with Crippen molar-refractivity contribution >= 4 is 29.1 Å². The van der Waals surface area contributed by atoms with Gasteiger partial charge in [0.05, 0.1) is 0 Å². The molecule has 1 heterocycles. The molecule has 0 aromatic heterocycles. The Labute approximate surface area is 174 Å². The lowest BCUT2D eigenvalue weighted by atomic mass is 9.85. The molecule has 1 saturated heterocycles. The number of hydrogen-bond donors (Lipinski definition) is 0. The topological polar surface area (TPSA) is 46.6 Å². The number of hydrogen-bond acceptors (Lipinski definition) is 4. The van der Waals surface area contributed by atoms with E-state index in [9.17, 15) is 9.59 Å². The first kappa shape index (κ1) is 22.5. The third kappa shape index (κ3) is 6.40. The van der Waals surface area contributed by atoms with Crippen molar-refractivity contribution in [1.82, 2.24) is 4.90 Å². The van der Waals surface area contributed by atoms with E-state index in [1.807, 2.05) is 17.9 Å². The van der Waals surface area contributed by atoms with Crippen LogP contribution in [0, 0.1) is 5.41 Å². The van der Waals surface area contributed by atoms with E-state index < -0.39 is 17.2 Å². The van der Waals surface area contributed by atoms with Crippen LogP contribution in [0.5, 0.6) is 0 Å². The molecule has 1 aliphatic rings. The smallest absolute Gasteiger partial charge is 0.382 e. The molecule has 1 aliphatic heterocycles. The summed E-state index contributed by atoms with van der Waals surface area (Å²) in [5.41, 5.74) is 0.648. The Morgan fingerprint density at radius 2 is 1.89 bits per heavy atom. The minimum absolute atomic E-state index is 0.165. The fourth-order valence-corrected chi connectivity index (χ4v) is 3.83. The monoisotopic (exact) mass is 403 g/mol. The van der Waals surface area contributed by atoms with Crippen LogP contribution in [0.3, 0.4) is 0 Å². The van der Waals surface area contributed by atoms with Crippen molar-refractivity contribution in [1.29, 1.82) is 0 Å². The normalized spacial score (nSPS) is 17.2. The number of thiocarbonyl (C=S) groups is 1. The summed E-state index contributed by atoms with van der Waals surface area (Å²) >= 11 is 5.39. The van der Waals surface area contributed by atoms with Crippen LogP contribution < -0.4 is 0 Å². The molecule has 1 aromatic carbocycles. The summed E-state index contributed by atoms with van der Waals surface area (Å²) in [4.78, 5) is 26.5. The van der Waals surface area contributed by atoms with E-state index in [1.54, 1.807) is 13.8 Å². The second kappa shape index (κ2) is 10.7. The Morgan fingerprint density at radius 3 is 2.57 bits per heavy atom. The number of carbonyl (C=O) groups excluding carboxylic acids is 2. The van der Waals surface area contributed by atoms with Crippen molar-refractivity contribution in [2.75, 3.05) is 6.54 Å². The molecule has 0 N–H and O–H groups in total. The Balaban J connectivity index is 1.84. The van der Waals surface area contributed by atoms with Gasteiger partial charge >= 0.3 is 5.97 Å². The number of likely N-dealkylation sites (tertiary alicyclic amines) is 1. The molecule has 0 saturated carbocycles. The van der Waals surface area contributed by atoms with Gasteiger partial charge in [0.2, 0.25) is 5.78 Å². The van der Waals surface area contributed by atoms with Crippen molar-refractivity contribution < 1.29 is 14.3 Å². The molecule has 0 amide bonds. The number of unbranched alkanes of at least 4 members (excludes halogenated alkanes) is 1. The maximum Gasteiger partial charge on any atom is 0.382 e. The van der Waals surface area contributed by atoms with E-state index in [0.717, 1.165) is 51.5 Å². The number of aryl methyl sites for hydroxylation is 1. The molecule has 0 spiro atoms. The van der Waals surface area contributed by atoms with E-state index >= 15 is 0 Å². The largest absolute Gasteiger partial charge is 0.393 e. The zero-order valence-corrected chi connectivity index (χ0v) is 18.2. The summed E-state index contributed by atoms with van der Waals surface area (Å²) in [5, 5.41) is 0.165. The molecular formula is C23H33NO3S. The van der Waals surface area contributed by atoms with Gasteiger partial charge in [0.25, 0.3) is 5.17 Å². The van der Waals surface area contributed by atoms with Gasteiger partial charge in [-0.15, -0.1) is 0 Å². The Morgan fingerprint density at radius 1 is 1.18 bits per heavy atom. The lowest BCUT2D eigenvalue weighted by molar-refractivity contribution is -0.152. The number of ether oxygens (including phenoxy) is 1. The van der Waals surface area contributed by atoms with Crippen LogP contribution in [-0.2, 0) is 20.7 Å². The Bertz CT molecular complexity index is 672. The van der Waals surface area contributed by atoms with Gasteiger partial charge in [-0.2, -0.15) is 0 Å². The van der Waals surface area contributed by atoms with Crippen molar-refractivity contribution in [2.24, 2.45) is 5.41 Å². The summed E-state index contributed by atoms with van der Waals surface area (Å²) in [6.07, 6.45) is 8.18. The van der Waals surface area contributed by atoms with Crippen LogP contribution in [0.1, 0.15) is 71.3 Å². The number of ketones is 1. The number of benzene rings is 1. The zero-order valence-electron chi connectivity index (χ0n) is 17.4. The summed E-state index contributed by atoms with van der Waals surface area (Å²) in [7, 11) is 0. The molecule has 2 rings (SSSR count). The molecule has 0 bridgehead atoms. The third-order valence-corrected chi connectivity index (χ3v) is 6.14. The van der Waals surface area contributed by atoms with E-state index in [1.165, 1.54) is 5.56 Å². The van der Waals surface area contributed by atoms with E-state index in [0.29, 0.717) is 12.5 Å². The van der Waals surface area contributed by atoms with Gasteiger partial charge in [0, 0.05) is 18.0 Å². The fourth-order valence-electron chi connectivity index (χ4n) is 3.52. The number of carbonyl (C=O) groups is 2. The number of piperidine rings is 1. The molecule has 5 heteroatoms. The highest BCUT2D eigenvalue weighted by molar-refractivity contribution is 7.80. The standard InChI is InChI=1S/C23H33NO3S/c1-4-23(2,3)20(25)21(26)27-22(28)24-17-11-10-16-19(24)15-9-8-14-18-12-6-5-7-13-18/h5-7,12-13,19H,4,8-11,14-17H2,1-3H3. The van der Waals surface area contributed by atoms with Crippen molar-refractivity contribution in [3.05, 3.63) is 35.9 Å². The van der Waals surface area contributed by atoms with Crippen LogP contribution in [0.25, 0.3) is 0 Å². The van der Waals surface area contributed by atoms with Gasteiger partial charge in [-0.25, -0.2) is 4.79 Å². The molecule has 0 radical (unpaired) electrons. The summed E-state index contributed by atoms with van der Waals surface area (Å²) < 4.78 is 5.31. The fraction of sp³-hybridized carbons (Fsp3) is 0.609. The van der Waals surface area contributed by atoms with Gasteiger partial charge in [0.15, 0.2) is 0 Å². The highest BCUT2D eigenvalue weighted by Gasteiger charge is 2.35. The van der Waals surface area contributed by atoms with E-state index in [2.05, 4.69) is 24.3 Å². The average molecular weight is 404 g/mol. The lowest BCUT2D eigenvalue weighted by Crippen LogP contribution is -2.46. The number of Topliss-reactive ketones (excluding diaryl/α,β-unsaturated/α-hetero) is 1. The van der Waals surface area contributed by atoms with Crippen molar-refractivity contribution in [2.45, 2.75) is 78.2 Å². The predicted octanol–water partition coefficient (Wildman–Crippen LogP) is 5.09. The van der Waals surface area contributed by atoms with Crippen LogP contribution in [-0.4, -0.2) is 34.4 Å². The molecule has 4 nitrogen and oxygen atoms in total. The van der Waals surface area contributed by atoms with Gasteiger partial charge in [-0.3, -0.25) is 4.79 Å². The van der Waals surface area contributed by atoms with Crippen LogP contribution in [0.4, 0.5) is 0 Å². The van der Waals surface area contributed by atoms with Gasteiger partial charge in [0.1, 0.15) is 0 Å². The minimum atomic E-state index is -0.828.